The minimum Gasteiger partial charge on any atom is -0.466 e. The van der Waals surface area contributed by atoms with Crippen LogP contribution in [0.2, 0.25) is 0 Å². The normalized spacial score (nSPS) is 17.9. The zero-order chi connectivity index (χ0) is 13.6. The summed E-state index contributed by atoms with van der Waals surface area (Å²) in [6.45, 7) is 2.62. The summed E-state index contributed by atoms with van der Waals surface area (Å²) >= 11 is 0. The van der Waals surface area contributed by atoms with Gasteiger partial charge in [0.2, 0.25) is 15.9 Å². The topological polar surface area (TPSA) is 92.8 Å². The van der Waals surface area contributed by atoms with E-state index in [9.17, 15) is 18.0 Å². The molecule has 1 aliphatic heterocycles. The molecular weight excluding hydrogens is 260 g/mol. The SMILES string of the molecule is CCOC(=O)CCS(=O)(=O)N1CCNC(=O)CC1. The van der Waals surface area contributed by atoms with E-state index in [-0.39, 0.29) is 44.2 Å². The Morgan fingerprint density at radius 2 is 2.17 bits per heavy atom. The number of rotatable bonds is 5. The fourth-order valence-electron chi connectivity index (χ4n) is 1.60. The van der Waals surface area contributed by atoms with Crippen molar-refractivity contribution >= 4 is 21.9 Å². The second kappa shape index (κ2) is 6.69. The fraction of sp³-hybridized carbons (Fsp3) is 0.800. The number of carbonyl (C=O) groups is 2. The van der Waals surface area contributed by atoms with Crippen molar-refractivity contribution in [3.8, 4) is 0 Å². The number of sulfonamides is 1. The predicted octanol–water partition coefficient (Wildman–Crippen LogP) is -0.909. The number of hydrogen-bond donors (Lipinski definition) is 1. The number of ether oxygens (including phenoxy) is 1. The number of esters is 1. The van der Waals surface area contributed by atoms with Gasteiger partial charge in [-0.15, -0.1) is 0 Å². The third-order valence-corrected chi connectivity index (χ3v) is 4.41. The summed E-state index contributed by atoms with van der Waals surface area (Å²) in [5.41, 5.74) is 0. The summed E-state index contributed by atoms with van der Waals surface area (Å²) < 4.78 is 29.8. The lowest BCUT2D eigenvalue weighted by molar-refractivity contribution is -0.142. The summed E-state index contributed by atoms with van der Waals surface area (Å²) in [6.07, 6.45) is -0.00726. The molecule has 0 aromatic heterocycles. The molecule has 104 valence electrons. The molecule has 18 heavy (non-hydrogen) atoms. The van der Waals surface area contributed by atoms with Crippen LogP contribution in [-0.2, 0) is 24.3 Å². The maximum absolute atomic E-state index is 11.9. The van der Waals surface area contributed by atoms with Gasteiger partial charge in [0.1, 0.15) is 0 Å². The van der Waals surface area contributed by atoms with E-state index in [0.717, 1.165) is 0 Å². The summed E-state index contributed by atoms with van der Waals surface area (Å²) in [7, 11) is -3.50. The van der Waals surface area contributed by atoms with E-state index >= 15 is 0 Å². The van der Waals surface area contributed by atoms with Gasteiger partial charge >= 0.3 is 5.97 Å². The summed E-state index contributed by atoms with van der Waals surface area (Å²) in [5.74, 6) is -0.955. The number of nitrogens with zero attached hydrogens (tertiary/aromatic N) is 1. The lowest BCUT2D eigenvalue weighted by Gasteiger charge is -2.18. The smallest absolute Gasteiger partial charge is 0.306 e. The van der Waals surface area contributed by atoms with E-state index in [1.807, 2.05) is 0 Å². The van der Waals surface area contributed by atoms with Crippen LogP contribution in [0.3, 0.4) is 0 Å². The summed E-state index contributed by atoms with van der Waals surface area (Å²) in [6, 6.07) is 0. The highest BCUT2D eigenvalue weighted by atomic mass is 32.2. The first-order valence-corrected chi connectivity index (χ1v) is 7.47. The molecule has 0 unspecified atom stereocenters. The number of hydrogen-bond acceptors (Lipinski definition) is 5. The van der Waals surface area contributed by atoms with E-state index in [1.165, 1.54) is 4.31 Å². The Balaban J connectivity index is 2.52. The molecule has 1 fully saturated rings. The van der Waals surface area contributed by atoms with Crippen molar-refractivity contribution in [2.24, 2.45) is 0 Å². The van der Waals surface area contributed by atoms with Gasteiger partial charge in [0.05, 0.1) is 18.8 Å². The standard InChI is InChI=1S/C10H18N2O5S/c1-2-17-10(14)4-8-18(15,16)12-6-3-9(13)11-5-7-12/h2-8H2,1H3,(H,11,13). The zero-order valence-electron chi connectivity index (χ0n) is 10.3. The van der Waals surface area contributed by atoms with Crippen LogP contribution in [0.4, 0.5) is 0 Å². The van der Waals surface area contributed by atoms with Crippen molar-refractivity contribution in [2.75, 3.05) is 32.0 Å². The molecule has 0 saturated carbocycles. The number of nitrogens with one attached hydrogen (secondary N) is 1. The molecule has 1 saturated heterocycles. The second-order valence-electron chi connectivity index (χ2n) is 3.87. The Morgan fingerprint density at radius 3 is 2.83 bits per heavy atom. The van der Waals surface area contributed by atoms with Gasteiger partial charge in [-0.25, -0.2) is 8.42 Å². The molecule has 0 spiro atoms. The number of amides is 1. The van der Waals surface area contributed by atoms with Crippen LogP contribution >= 0.6 is 0 Å². The molecule has 1 rings (SSSR count). The first kappa shape index (κ1) is 14.9. The molecule has 0 aromatic rings. The van der Waals surface area contributed by atoms with Crippen LogP contribution in [0.5, 0.6) is 0 Å². The van der Waals surface area contributed by atoms with Crippen LogP contribution in [0.25, 0.3) is 0 Å². The van der Waals surface area contributed by atoms with Gasteiger partial charge in [0, 0.05) is 26.1 Å². The molecule has 1 N–H and O–H groups in total. The molecule has 1 aliphatic rings. The minimum atomic E-state index is -3.50. The minimum absolute atomic E-state index is 0.151. The average Bonchev–Trinajstić information content (AvgIpc) is 2.52. The third-order valence-electron chi connectivity index (χ3n) is 2.53. The van der Waals surface area contributed by atoms with E-state index in [4.69, 9.17) is 0 Å². The predicted molar refractivity (Wildman–Crippen MR) is 64.2 cm³/mol. The molecule has 0 aliphatic carbocycles. The Bertz CT molecular complexity index is 406. The molecule has 0 radical (unpaired) electrons. The Kier molecular flexibility index (Phi) is 5.54. The van der Waals surface area contributed by atoms with Crippen molar-refractivity contribution in [3.63, 3.8) is 0 Å². The molecule has 0 atom stereocenters. The van der Waals surface area contributed by atoms with Crippen molar-refractivity contribution in [2.45, 2.75) is 19.8 Å². The van der Waals surface area contributed by atoms with Crippen molar-refractivity contribution < 1.29 is 22.7 Å². The lowest BCUT2D eigenvalue weighted by Crippen LogP contribution is -2.36. The quantitative estimate of drug-likeness (QED) is 0.657. The van der Waals surface area contributed by atoms with E-state index < -0.39 is 16.0 Å². The highest BCUT2D eigenvalue weighted by Crippen LogP contribution is 2.07. The highest BCUT2D eigenvalue weighted by Gasteiger charge is 2.25. The van der Waals surface area contributed by atoms with Crippen LogP contribution in [0.1, 0.15) is 19.8 Å². The maximum atomic E-state index is 11.9. The Hall–Kier alpha value is -1.15. The van der Waals surface area contributed by atoms with Crippen LogP contribution in [0, 0.1) is 0 Å². The molecule has 1 heterocycles. The number of carbonyl (C=O) groups excluding carboxylic acids is 2. The fourth-order valence-corrected chi connectivity index (χ4v) is 3.02. The van der Waals surface area contributed by atoms with Gasteiger partial charge in [-0.2, -0.15) is 4.31 Å². The molecule has 0 bridgehead atoms. The zero-order valence-corrected chi connectivity index (χ0v) is 11.2. The molecule has 8 heteroatoms. The molecule has 1 amide bonds. The second-order valence-corrected chi connectivity index (χ2v) is 5.96. The first-order valence-electron chi connectivity index (χ1n) is 5.86. The Labute approximate surface area is 107 Å². The van der Waals surface area contributed by atoms with Gasteiger partial charge in [-0.05, 0) is 6.92 Å². The van der Waals surface area contributed by atoms with Gasteiger partial charge in [-0.1, -0.05) is 0 Å². The summed E-state index contributed by atoms with van der Waals surface area (Å²) in [4.78, 5) is 22.2. The van der Waals surface area contributed by atoms with Crippen molar-refractivity contribution in [3.05, 3.63) is 0 Å². The van der Waals surface area contributed by atoms with Crippen LogP contribution in [0.15, 0.2) is 0 Å². The lowest BCUT2D eigenvalue weighted by atomic mass is 10.4. The van der Waals surface area contributed by atoms with Gasteiger partial charge < -0.3 is 10.1 Å². The van der Waals surface area contributed by atoms with E-state index in [0.29, 0.717) is 6.54 Å². The largest absolute Gasteiger partial charge is 0.466 e. The van der Waals surface area contributed by atoms with Crippen LogP contribution in [-0.4, -0.2) is 56.6 Å². The molecule has 0 aromatic carbocycles. The Morgan fingerprint density at radius 1 is 1.44 bits per heavy atom. The van der Waals surface area contributed by atoms with Crippen LogP contribution < -0.4 is 5.32 Å². The average molecular weight is 278 g/mol. The van der Waals surface area contributed by atoms with Crippen molar-refractivity contribution in [1.29, 1.82) is 0 Å². The molecular formula is C10H18N2O5S. The van der Waals surface area contributed by atoms with Gasteiger partial charge in [0.15, 0.2) is 0 Å². The molecule has 7 nitrogen and oxygen atoms in total. The summed E-state index contributed by atoms with van der Waals surface area (Å²) in [5, 5.41) is 2.60. The van der Waals surface area contributed by atoms with Crippen molar-refractivity contribution in [1.82, 2.24) is 9.62 Å². The van der Waals surface area contributed by atoms with E-state index in [2.05, 4.69) is 10.1 Å². The highest BCUT2D eigenvalue weighted by molar-refractivity contribution is 7.89. The van der Waals surface area contributed by atoms with E-state index in [1.54, 1.807) is 6.92 Å². The van der Waals surface area contributed by atoms with Gasteiger partial charge in [-0.3, -0.25) is 9.59 Å². The maximum Gasteiger partial charge on any atom is 0.306 e. The van der Waals surface area contributed by atoms with Gasteiger partial charge in [0.25, 0.3) is 0 Å². The monoisotopic (exact) mass is 278 g/mol. The first-order chi connectivity index (χ1) is 8.45. The third kappa shape index (κ3) is 4.61.